The van der Waals surface area contributed by atoms with Crippen molar-refractivity contribution < 1.29 is 0 Å². The predicted molar refractivity (Wildman–Crippen MR) is 74.7 cm³/mol. The van der Waals surface area contributed by atoms with E-state index in [0.29, 0.717) is 10.8 Å². The van der Waals surface area contributed by atoms with Gasteiger partial charge in [0, 0.05) is 0 Å². The molecule has 0 nitrogen and oxygen atoms in total. The maximum atomic E-state index is 2.32. The Labute approximate surface area is 109 Å². The van der Waals surface area contributed by atoms with Crippen LogP contribution >= 0.6 is 0 Å². The summed E-state index contributed by atoms with van der Waals surface area (Å²) in [5.74, 6) is 0. The predicted octanol–water partition coefficient (Wildman–Crippen LogP) is 4.45. The molecule has 2 bridgehead atoms. The lowest BCUT2D eigenvalue weighted by Gasteiger charge is -2.48. The Morgan fingerprint density at radius 1 is 0.556 bits per heavy atom. The molecule has 2 aromatic rings. The van der Waals surface area contributed by atoms with E-state index in [4.69, 9.17) is 0 Å². The molecule has 3 aliphatic carbocycles. The zero-order valence-corrected chi connectivity index (χ0v) is 10.6. The second kappa shape index (κ2) is 3.47. The van der Waals surface area contributed by atoms with Crippen molar-refractivity contribution in [1.29, 1.82) is 0 Å². The summed E-state index contributed by atoms with van der Waals surface area (Å²) < 4.78 is 0. The van der Waals surface area contributed by atoms with E-state index in [0.717, 1.165) is 0 Å². The van der Waals surface area contributed by atoms with Crippen molar-refractivity contribution in [2.75, 3.05) is 0 Å². The van der Waals surface area contributed by atoms with Gasteiger partial charge in [0.05, 0.1) is 0 Å². The first kappa shape index (κ1) is 10.4. The lowest BCUT2D eigenvalue weighted by atomic mass is 9.55. The third kappa shape index (κ3) is 1.26. The van der Waals surface area contributed by atoms with Crippen LogP contribution in [0.25, 0.3) is 0 Å². The van der Waals surface area contributed by atoms with Gasteiger partial charge in [-0.2, -0.15) is 0 Å². The molecule has 18 heavy (non-hydrogen) atoms. The summed E-state index contributed by atoms with van der Waals surface area (Å²) in [5.41, 5.74) is 4.12. The van der Waals surface area contributed by atoms with Gasteiger partial charge in [0.25, 0.3) is 0 Å². The number of hydrogen-bond acceptors (Lipinski definition) is 0. The van der Waals surface area contributed by atoms with Gasteiger partial charge in [-0.25, -0.2) is 0 Å². The van der Waals surface area contributed by atoms with Crippen molar-refractivity contribution in [2.24, 2.45) is 0 Å². The van der Waals surface area contributed by atoms with Crippen molar-refractivity contribution in [3.63, 3.8) is 0 Å². The molecule has 0 unspecified atom stereocenters. The molecule has 3 saturated carbocycles. The Morgan fingerprint density at radius 3 is 1.33 bits per heavy atom. The van der Waals surface area contributed by atoms with Crippen LogP contribution in [0, 0.1) is 0 Å². The maximum Gasteiger partial charge on any atom is -0.00297 e. The van der Waals surface area contributed by atoms with E-state index in [1.54, 1.807) is 11.1 Å². The largest absolute Gasteiger partial charge is 0.0622 e. The van der Waals surface area contributed by atoms with Crippen LogP contribution < -0.4 is 0 Å². The smallest absolute Gasteiger partial charge is 0.00297 e. The zero-order chi connectivity index (χ0) is 12.1. The summed E-state index contributed by atoms with van der Waals surface area (Å²) in [4.78, 5) is 0. The lowest BCUT2D eigenvalue weighted by molar-refractivity contribution is 0.194. The molecule has 0 aliphatic heterocycles. The Hall–Kier alpha value is -1.56. The minimum atomic E-state index is 0.497. The highest BCUT2D eigenvalue weighted by molar-refractivity contribution is 5.42. The highest BCUT2D eigenvalue weighted by Crippen LogP contribution is 2.67. The normalized spacial score (nSPS) is 33.1. The van der Waals surface area contributed by atoms with E-state index in [1.165, 1.54) is 25.7 Å². The number of fused-ring (bicyclic) bond motifs is 1. The fraction of sp³-hybridized carbons (Fsp3) is 0.333. The van der Waals surface area contributed by atoms with Crippen LogP contribution in [-0.4, -0.2) is 0 Å². The van der Waals surface area contributed by atoms with Gasteiger partial charge in [-0.3, -0.25) is 0 Å². The molecule has 3 aliphatic rings. The quantitative estimate of drug-likeness (QED) is 0.720. The number of rotatable bonds is 2. The minimum Gasteiger partial charge on any atom is -0.0622 e. The van der Waals surface area contributed by atoms with Crippen LogP contribution in [0.2, 0.25) is 0 Å². The lowest BCUT2D eigenvalue weighted by Crippen LogP contribution is -2.43. The Morgan fingerprint density at radius 2 is 0.944 bits per heavy atom. The van der Waals surface area contributed by atoms with E-state index in [1.807, 2.05) is 0 Å². The maximum absolute atomic E-state index is 2.32. The number of hydrogen-bond donors (Lipinski definition) is 0. The van der Waals surface area contributed by atoms with Gasteiger partial charge in [0.2, 0.25) is 0 Å². The Kier molecular flexibility index (Phi) is 2.00. The summed E-state index contributed by atoms with van der Waals surface area (Å²) in [5, 5.41) is 0. The standard InChI is InChI=1S/C18H18/c1-3-7-15(8-4-1)17-11-12-18(13-17,14-17)16-9-5-2-6-10-16/h1-10H,11-14H2. The van der Waals surface area contributed by atoms with E-state index in [2.05, 4.69) is 60.7 Å². The zero-order valence-electron chi connectivity index (χ0n) is 10.6. The molecule has 2 aromatic carbocycles. The van der Waals surface area contributed by atoms with Gasteiger partial charge in [0.1, 0.15) is 0 Å². The fourth-order valence-electron chi connectivity index (χ4n) is 4.36. The van der Waals surface area contributed by atoms with Gasteiger partial charge < -0.3 is 0 Å². The van der Waals surface area contributed by atoms with E-state index in [9.17, 15) is 0 Å². The summed E-state index contributed by atoms with van der Waals surface area (Å²) in [6.45, 7) is 0. The van der Waals surface area contributed by atoms with Gasteiger partial charge in [-0.05, 0) is 47.6 Å². The monoisotopic (exact) mass is 234 g/mol. The molecular weight excluding hydrogens is 216 g/mol. The van der Waals surface area contributed by atoms with Gasteiger partial charge in [0.15, 0.2) is 0 Å². The van der Waals surface area contributed by atoms with Gasteiger partial charge >= 0.3 is 0 Å². The van der Waals surface area contributed by atoms with Crippen molar-refractivity contribution in [2.45, 2.75) is 36.5 Å². The molecule has 3 fully saturated rings. The molecule has 5 rings (SSSR count). The highest BCUT2D eigenvalue weighted by atomic mass is 14.6. The Balaban J connectivity index is 1.67. The minimum absolute atomic E-state index is 0.497. The summed E-state index contributed by atoms with van der Waals surface area (Å²) in [6.07, 6.45) is 5.44. The average molecular weight is 234 g/mol. The third-order valence-corrected chi connectivity index (χ3v) is 5.21. The molecule has 0 heteroatoms. The molecule has 0 amide bonds. The molecule has 0 atom stereocenters. The first-order valence-corrected chi connectivity index (χ1v) is 6.94. The van der Waals surface area contributed by atoms with E-state index >= 15 is 0 Å². The van der Waals surface area contributed by atoms with Crippen LogP contribution in [0.4, 0.5) is 0 Å². The number of benzene rings is 2. The molecular formula is C18H18. The first-order chi connectivity index (χ1) is 8.83. The fourth-order valence-corrected chi connectivity index (χ4v) is 4.36. The van der Waals surface area contributed by atoms with Crippen molar-refractivity contribution in [3.05, 3.63) is 71.8 Å². The summed E-state index contributed by atoms with van der Waals surface area (Å²) in [7, 11) is 0. The average Bonchev–Trinajstić information content (AvgIpc) is 2.98. The SMILES string of the molecule is c1ccc(C23CCC(c4ccccc4)(C2)C3)cc1. The molecule has 0 N–H and O–H groups in total. The Bertz CT molecular complexity index is 496. The van der Waals surface area contributed by atoms with Crippen molar-refractivity contribution in [1.82, 2.24) is 0 Å². The summed E-state index contributed by atoms with van der Waals surface area (Å²) >= 11 is 0. The van der Waals surface area contributed by atoms with Crippen LogP contribution in [-0.2, 0) is 10.8 Å². The van der Waals surface area contributed by atoms with E-state index < -0.39 is 0 Å². The van der Waals surface area contributed by atoms with Gasteiger partial charge in [-0.15, -0.1) is 0 Å². The second-order valence-electron chi connectivity index (χ2n) is 6.15. The van der Waals surface area contributed by atoms with Crippen LogP contribution in [0.5, 0.6) is 0 Å². The first-order valence-electron chi connectivity index (χ1n) is 6.94. The van der Waals surface area contributed by atoms with Gasteiger partial charge in [-0.1, -0.05) is 60.7 Å². The molecule has 0 heterocycles. The van der Waals surface area contributed by atoms with Crippen molar-refractivity contribution >= 4 is 0 Å². The molecule has 0 saturated heterocycles. The highest BCUT2D eigenvalue weighted by Gasteiger charge is 2.61. The van der Waals surface area contributed by atoms with Crippen LogP contribution in [0.15, 0.2) is 60.7 Å². The molecule has 90 valence electrons. The molecule has 0 spiro atoms. The molecule has 0 radical (unpaired) electrons. The van der Waals surface area contributed by atoms with Crippen LogP contribution in [0.1, 0.15) is 36.8 Å². The second-order valence-corrected chi connectivity index (χ2v) is 6.15. The topological polar surface area (TPSA) is 0 Å². The molecule has 0 aromatic heterocycles. The van der Waals surface area contributed by atoms with E-state index in [-0.39, 0.29) is 0 Å². The van der Waals surface area contributed by atoms with Crippen molar-refractivity contribution in [3.8, 4) is 0 Å². The summed E-state index contributed by atoms with van der Waals surface area (Å²) in [6, 6.07) is 22.3. The van der Waals surface area contributed by atoms with Crippen LogP contribution in [0.3, 0.4) is 0 Å². The third-order valence-electron chi connectivity index (χ3n) is 5.21.